The van der Waals surface area contributed by atoms with E-state index in [1.165, 1.54) is 18.2 Å². The van der Waals surface area contributed by atoms with E-state index in [2.05, 4.69) is 10.6 Å². The van der Waals surface area contributed by atoms with Crippen molar-refractivity contribution >= 4 is 29.2 Å². The Balaban J connectivity index is 1.74. The summed E-state index contributed by atoms with van der Waals surface area (Å²) in [4.78, 5) is 35.6. The summed E-state index contributed by atoms with van der Waals surface area (Å²) in [6, 6.07) is 10.8. The van der Waals surface area contributed by atoms with Gasteiger partial charge in [0.15, 0.2) is 0 Å². The van der Waals surface area contributed by atoms with Gasteiger partial charge in [-0.2, -0.15) is 0 Å². The minimum absolute atomic E-state index is 0.00170. The lowest BCUT2D eigenvalue weighted by Crippen LogP contribution is -2.16. The summed E-state index contributed by atoms with van der Waals surface area (Å²) in [5, 5.41) is 14.7. The topological polar surface area (TPSA) is 105 Å². The monoisotopic (exact) mass is 382 g/mol. The van der Waals surface area contributed by atoms with Gasteiger partial charge in [0.1, 0.15) is 5.75 Å². The number of carbonyl (C=O) groups excluding carboxylic acids is 2. The number of benzene rings is 2. The summed E-state index contributed by atoms with van der Waals surface area (Å²) in [5.74, 6) is -1.01. The van der Waals surface area contributed by atoms with E-state index in [0.717, 1.165) is 12.8 Å². The first kappa shape index (κ1) is 19.4. The Hall–Kier alpha value is -3.35. The fourth-order valence-electron chi connectivity index (χ4n) is 2.61. The van der Waals surface area contributed by atoms with E-state index >= 15 is 0 Å². The van der Waals surface area contributed by atoms with Crippen LogP contribution in [-0.2, 0) is 4.79 Å². The standard InChI is InChI=1S/C21H22N2O5/c1-12(2)28-18-10-7-15(21(26)27)11-17(18)23-20(25)14-5-8-16(9-6-14)22-19(24)13-3-4-13/h5-13H,3-4H2,1-2H3,(H,22,24)(H,23,25)(H,26,27). The molecule has 3 rings (SSSR count). The first-order valence-electron chi connectivity index (χ1n) is 9.10. The average Bonchev–Trinajstić information content (AvgIpc) is 3.48. The Bertz CT molecular complexity index is 902. The SMILES string of the molecule is CC(C)Oc1ccc(C(=O)O)cc1NC(=O)c1ccc(NC(=O)C2CC2)cc1. The molecule has 1 aliphatic carbocycles. The van der Waals surface area contributed by atoms with E-state index in [0.29, 0.717) is 17.0 Å². The first-order chi connectivity index (χ1) is 13.3. The molecule has 3 N–H and O–H groups in total. The second-order valence-corrected chi connectivity index (χ2v) is 6.98. The lowest BCUT2D eigenvalue weighted by Gasteiger charge is -2.16. The van der Waals surface area contributed by atoms with Gasteiger partial charge in [0.2, 0.25) is 5.91 Å². The van der Waals surface area contributed by atoms with Crippen LogP contribution in [0.25, 0.3) is 0 Å². The molecule has 0 aliphatic heterocycles. The highest BCUT2D eigenvalue weighted by Crippen LogP contribution is 2.30. The average molecular weight is 382 g/mol. The minimum atomic E-state index is -1.10. The molecule has 0 saturated heterocycles. The summed E-state index contributed by atoms with van der Waals surface area (Å²) >= 11 is 0. The minimum Gasteiger partial charge on any atom is -0.489 e. The third-order valence-corrected chi connectivity index (χ3v) is 4.20. The first-order valence-corrected chi connectivity index (χ1v) is 9.10. The van der Waals surface area contributed by atoms with Crippen LogP contribution in [0.2, 0.25) is 0 Å². The quantitative estimate of drug-likeness (QED) is 0.676. The van der Waals surface area contributed by atoms with Crippen LogP contribution in [0.15, 0.2) is 42.5 Å². The fraction of sp³-hybridized carbons (Fsp3) is 0.286. The van der Waals surface area contributed by atoms with Crippen molar-refractivity contribution in [3.8, 4) is 5.75 Å². The van der Waals surface area contributed by atoms with Gasteiger partial charge < -0.3 is 20.5 Å². The van der Waals surface area contributed by atoms with Crippen molar-refractivity contribution in [2.75, 3.05) is 10.6 Å². The molecule has 0 spiro atoms. The third kappa shape index (κ3) is 4.88. The van der Waals surface area contributed by atoms with Gasteiger partial charge in [-0.15, -0.1) is 0 Å². The number of ether oxygens (including phenoxy) is 1. The number of carboxylic acid groups (broad SMARTS) is 1. The molecule has 146 valence electrons. The summed E-state index contributed by atoms with van der Waals surface area (Å²) < 4.78 is 5.65. The van der Waals surface area contributed by atoms with E-state index in [1.807, 2.05) is 13.8 Å². The fourth-order valence-corrected chi connectivity index (χ4v) is 2.61. The Kier molecular flexibility index (Phi) is 5.63. The molecule has 28 heavy (non-hydrogen) atoms. The second kappa shape index (κ2) is 8.12. The van der Waals surface area contributed by atoms with Gasteiger partial charge in [0.05, 0.1) is 17.4 Å². The van der Waals surface area contributed by atoms with Gasteiger partial charge in [0.25, 0.3) is 5.91 Å². The Labute approximate surface area is 162 Å². The van der Waals surface area contributed by atoms with E-state index < -0.39 is 11.9 Å². The van der Waals surface area contributed by atoms with E-state index in [-0.39, 0.29) is 29.2 Å². The Morgan fingerprint density at radius 2 is 1.64 bits per heavy atom. The maximum atomic E-state index is 12.6. The van der Waals surface area contributed by atoms with Gasteiger partial charge >= 0.3 is 5.97 Å². The highest BCUT2D eigenvalue weighted by Gasteiger charge is 2.29. The van der Waals surface area contributed by atoms with Crippen molar-refractivity contribution in [1.29, 1.82) is 0 Å². The van der Waals surface area contributed by atoms with Crippen LogP contribution in [0.1, 0.15) is 47.4 Å². The number of nitrogens with one attached hydrogen (secondary N) is 2. The zero-order chi connectivity index (χ0) is 20.3. The van der Waals surface area contributed by atoms with Crippen LogP contribution >= 0.6 is 0 Å². The molecule has 0 bridgehead atoms. The predicted octanol–water partition coefficient (Wildman–Crippen LogP) is 3.77. The Morgan fingerprint density at radius 3 is 2.21 bits per heavy atom. The van der Waals surface area contributed by atoms with E-state index in [1.54, 1.807) is 24.3 Å². The molecule has 2 amide bonds. The van der Waals surface area contributed by atoms with Crippen LogP contribution in [0.3, 0.4) is 0 Å². The van der Waals surface area contributed by atoms with Gasteiger partial charge in [-0.25, -0.2) is 4.79 Å². The number of carboxylic acids is 1. The van der Waals surface area contributed by atoms with Crippen molar-refractivity contribution in [3.05, 3.63) is 53.6 Å². The lowest BCUT2D eigenvalue weighted by atomic mass is 10.1. The van der Waals surface area contributed by atoms with Gasteiger partial charge in [-0.05, 0) is 69.2 Å². The van der Waals surface area contributed by atoms with Crippen LogP contribution in [0, 0.1) is 5.92 Å². The molecule has 1 fully saturated rings. The highest BCUT2D eigenvalue weighted by atomic mass is 16.5. The number of amides is 2. The van der Waals surface area contributed by atoms with Crippen molar-refractivity contribution < 1.29 is 24.2 Å². The van der Waals surface area contributed by atoms with Gasteiger partial charge in [0, 0.05) is 17.2 Å². The molecule has 0 unspecified atom stereocenters. The molecule has 2 aromatic rings. The number of carbonyl (C=O) groups is 3. The van der Waals surface area contributed by atoms with E-state index in [4.69, 9.17) is 4.74 Å². The number of hydrogen-bond acceptors (Lipinski definition) is 4. The predicted molar refractivity (Wildman–Crippen MR) is 105 cm³/mol. The van der Waals surface area contributed by atoms with E-state index in [9.17, 15) is 19.5 Å². The number of hydrogen-bond donors (Lipinski definition) is 3. The smallest absolute Gasteiger partial charge is 0.335 e. The summed E-state index contributed by atoms with van der Waals surface area (Å²) in [6.45, 7) is 3.68. The number of rotatable bonds is 7. The summed E-state index contributed by atoms with van der Waals surface area (Å²) in [5.41, 5.74) is 1.33. The summed E-state index contributed by atoms with van der Waals surface area (Å²) in [7, 11) is 0. The third-order valence-electron chi connectivity index (χ3n) is 4.20. The van der Waals surface area contributed by atoms with Crippen molar-refractivity contribution in [3.63, 3.8) is 0 Å². The van der Waals surface area contributed by atoms with Crippen LogP contribution < -0.4 is 15.4 Å². The molecular formula is C21H22N2O5. The molecule has 0 aromatic heterocycles. The largest absolute Gasteiger partial charge is 0.489 e. The number of aromatic carboxylic acids is 1. The molecule has 0 radical (unpaired) electrons. The number of anilines is 2. The summed E-state index contributed by atoms with van der Waals surface area (Å²) in [6.07, 6.45) is 1.70. The van der Waals surface area contributed by atoms with Crippen molar-refractivity contribution in [2.45, 2.75) is 32.8 Å². The highest BCUT2D eigenvalue weighted by molar-refractivity contribution is 6.06. The molecular weight excluding hydrogens is 360 g/mol. The maximum absolute atomic E-state index is 12.6. The zero-order valence-corrected chi connectivity index (χ0v) is 15.7. The molecule has 1 aliphatic rings. The van der Waals surface area contributed by atoms with Crippen molar-refractivity contribution in [2.24, 2.45) is 5.92 Å². The molecule has 7 nitrogen and oxygen atoms in total. The van der Waals surface area contributed by atoms with Gasteiger partial charge in [-0.1, -0.05) is 0 Å². The molecule has 7 heteroatoms. The van der Waals surface area contributed by atoms with Crippen LogP contribution in [0.5, 0.6) is 5.75 Å². The second-order valence-electron chi connectivity index (χ2n) is 6.98. The molecule has 1 saturated carbocycles. The Morgan fingerprint density at radius 1 is 1.00 bits per heavy atom. The van der Waals surface area contributed by atoms with Crippen molar-refractivity contribution in [1.82, 2.24) is 0 Å². The van der Waals surface area contributed by atoms with Gasteiger partial charge in [-0.3, -0.25) is 9.59 Å². The zero-order valence-electron chi connectivity index (χ0n) is 15.7. The molecule has 0 heterocycles. The lowest BCUT2D eigenvalue weighted by molar-refractivity contribution is -0.117. The van der Waals surface area contributed by atoms with Crippen LogP contribution in [-0.4, -0.2) is 29.0 Å². The molecule has 2 aromatic carbocycles. The maximum Gasteiger partial charge on any atom is 0.335 e. The normalized spacial score (nSPS) is 13.1. The van der Waals surface area contributed by atoms with Crippen LogP contribution in [0.4, 0.5) is 11.4 Å². The molecule has 0 atom stereocenters.